The molecule has 0 aromatic carbocycles. The summed E-state index contributed by atoms with van der Waals surface area (Å²) < 4.78 is 0. The number of hydrogen-bond acceptors (Lipinski definition) is 8. The molecule has 4 amide bonds. The Morgan fingerprint density at radius 1 is 0.848 bits per heavy atom. The molecule has 0 heterocycles. The summed E-state index contributed by atoms with van der Waals surface area (Å²) in [5.74, 6) is -6.59. The van der Waals surface area contributed by atoms with Gasteiger partial charge in [-0.15, -0.1) is 0 Å². The van der Waals surface area contributed by atoms with Gasteiger partial charge in [-0.1, -0.05) is 13.8 Å². The molecule has 0 radical (unpaired) electrons. The van der Waals surface area contributed by atoms with Gasteiger partial charge in [-0.2, -0.15) is 0 Å². The molecule has 0 fully saturated rings. The Kier molecular flexibility index (Phi) is 12.6. The average molecular weight is 475 g/mol. The predicted octanol–water partition coefficient (Wildman–Crippen LogP) is -2.98. The Morgan fingerprint density at radius 3 is 1.79 bits per heavy atom. The van der Waals surface area contributed by atoms with Crippen LogP contribution < -0.4 is 27.4 Å². The third kappa shape index (κ3) is 11.8. The van der Waals surface area contributed by atoms with Crippen molar-refractivity contribution in [1.29, 1.82) is 0 Å². The van der Waals surface area contributed by atoms with Crippen LogP contribution in [0.3, 0.4) is 0 Å². The molecule has 14 heteroatoms. The highest BCUT2D eigenvalue weighted by molar-refractivity contribution is 5.96. The number of aliphatic carboxylic acids is 2. The molecule has 5 atom stereocenters. The Bertz CT molecular complexity index is 741. The van der Waals surface area contributed by atoms with Crippen molar-refractivity contribution >= 4 is 35.6 Å². The van der Waals surface area contributed by atoms with Crippen molar-refractivity contribution in [1.82, 2.24) is 16.0 Å². The number of aliphatic hydroxyl groups excluding tert-OH is 1. The summed E-state index contributed by atoms with van der Waals surface area (Å²) in [7, 11) is 0. The first-order valence-corrected chi connectivity index (χ1v) is 10.2. The maximum Gasteiger partial charge on any atom is 0.328 e. The number of nitrogens with one attached hydrogen (secondary N) is 3. The number of carboxylic acids is 2. The Hall–Kier alpha value is -3.26. The topological polar surface area (TPSA) is 251 Å². The fourth-order valence-electron chi connectivity index (χ4n) is 2.76. The van der Waals surface area contributed by atoms with Crippen molar-refractivity contribution in [2.24, 2.45) is 17.4 Å². The van der Waals surface area contributed by atoms with Crippen LogP contribution in [0.25, 0.3) is 0 Å². The van der Waals surface area contributed by atoms with Crippen LogP contribution in [0, 0.1) is 5.92 Å². The lowest BCUT2D eigenvalue weighted by atomic mass is 10.0. The van der Waals surface area contributed by atoms with E-state index in [9.17, 15) is 33.9 Å². The van der Waals surface area contributed by atoms with Crippen molar-refractivity contribution in [2.45, 2.75) is 76.7 Å². The molecule has 0 aromatic heterocycles. The first-order chi connectivity index (χ1) is 15.1. The first-order valence-electron chi connectivity index (χ1n) is 10.2. The number of primary amides is 1. The molecule has 0 aliphatic carbocycles. The van der Waals surface area contributed by atoms with Gasteiger partial charge >= 0.3 is 11.9 Å². The number of nitrogens with two attached hydrogens (primary N) is 2. The van der Waals surface area contributed by atoms with E-state index in [1.165, 1.54) is 0 Å². The average Bonchev–Trinajstić information content (AvgIpc) is 2.66. The predicted molar refractivity (Wildman–Crippen MR) is 113 cm³/mol. The third-order valence-electron chi connectivity index (χ3n) is 4.43. The fourth-order valence-corrected chi connectivity index (χ4v) is 2.76. The lowest BCUT2D eigenvalue weighted by Gasteiger charge is -2.25. The normalized spacial score (nSPS) is 15.5. The molecule has 0 saturated carbocycles. The van der Waals surface area contributed by atoms with Gasteiger partial charge in [-0.3, -0.25) is 24.0 Å². The highest BCUT2D eigenvalue weighted by Gasteiger charge is 2.32. The third-order valence-corrected chi connectivity index (χ3v) is 4.43. The van der Waals surface area contributed by atoms with Crippen LogP contribution in [-0.2, 0) is 28.8 Å². The highest BCUT2D eigenvalue weighted by atomic mass is 16.4. The minimum absolute atomic E-state index is 0.0642. The second-order valence-electron chi connectivity index (χ2n) is 8.03. The van der Waals surface area contributed by atoms with Crippen molar-refractivity contribution in [3.63, 3.8) is 0 Å². The van der Waals surface area contributed by atoms with Crippen molar-refractivity contribution in [3.8, 4) is 0 Å². The second-order valence-corrected chi connectivity index (χ2v) is 8.03. The Labute approximate surface area is 190 Å². The quantitative estimate of drug-likeness (QED) is 0.119. The monoisotopic (exact) mass is 475 g/mol. The van der Waals surface area contributed by atoms with Crippen LogP contribution in [0.2, 0.25) is 0 Å². The van der Waals surface area contributed by atoms with Crippen molar-refractivity contribution < 1.29 is 44.1 Å². The van der Waals surface area contributed by atoms with E-state index in [-0.39, 0.29) is 12.3 Å². The van der Waals surface area contributed by atoms with Crippen molar-refractivity contribution in [2.75, 3.05) is 0 Å². The molecule has 188 valence electrons. The molecular formula is C19H33N5O9. The molecule has 0 aliphatic heterocycles. The molecule has 0 rings (SSSR count). The molecule has 0 spiro atoms. The Morgan fingerprint density at radius 2 is 1.36 bits per heavy atom. The van der Waals surface area contributed by atoms with E-state index in [2.05, 4.69) is 10.6 Å². The molecule has 0 bridgehead atoms. The largest absolute Gasteiger partial charge is 0.481 e. The molecule has 0 aromatic rings. The number of carboxylic acid groups (broad SMARTS) is 2. The summed E-state index contributed by atoms with van der Waals surface area (Å²) in [4.78, 5) is 71.0. The summed E-state index contributed by atoms with van der Waals surface area (Å²) >= 11 is 0. The van der Waals surface area contributed by atoms with Crippen LogP contribution >= 0.6 is 0 Å². The zero-order valence-electron chi connectivity index (χ0n) is 18.7. The zero-order chi connectivity index (χ0) is 25.9. The fraction of sp³-hybridized carbons (Fsp3) is 0.684. The van der Waals surface area contributed by atoms with E-state index in [0.29, 0.717) is 0 Å². The summed E-state index contributed by atoms with van der Waals surface area (Å²) in [6, 6.07) is -5.77. The number of rotatable bonds is 15. The van der Waals surface area contributed by atoms with Gasteiger partial charge in [0.05, 0.1) is 18.6 Å². The lowest BCUT2D eigenvalue weighted by Crippen LogP contribution is -2.58. The summed E-state index contributed by atoms with van der Waals surface area (Å²) in [6.07, 6.45) is -2.85. The van der Waals surface area contributed by atoms with Crippen LogP contribution in [0.15, 0.2) is 0 Å². The lowest BCUT2D eigenvalue weighted by molar-refractivity contribution is -0.145. The number of carbonyl (C=O) groups excluding carboxylic acids is 4. The number of carbonyl (C=O) groups is 6. The molecule has 10 N–H and O–H groups in total. The summed E-state index contributed by atoms with van der Waals surface area (Å²) in [5, 5.41) is 34.0. The SMILES string of the molecule is CC(C)CC(N)C(=O)NC(CC(N)=O)C(=O)NC(CCC(=O)O)C(=O)NC(C(=O)O)C(C)O. The van der Waals surface area contributed by atoms with Crippen LogP contribution in [-0.4, -0.2) is 81.2 Å². The number of aliphatic hydroxyl groups is 1. The van der Waals surface area contributed by atoms with Gasteiger partial charge in [-0.05, 0) is 25.7 Å². The van der Waals surface area contributed by atoms with Gasteiger partial charge in [-0.25, -0.2) is 4.79 Å². The molecule has 14 nitrogen and oxygen atoms in total. The molecular weight excluding hydrogens is 442 g/mol. The standard InChI is InChI=1S/C19H33N5O9/c1-8(2)6-10(20)16(29)23-12(7-13(21)26)18(31)22-11(4-5-14(27)28)17(30)24-15(9(3)25)19(32)33/h8-12,15,25H,4-7,20H2,1-3H3,(H2,21,26)(H,22,31)(H,23,29)(H,24,30)(H,27,28)(H,32,33). The molecule has 0 saturated heterocycles. The van der Waals surface area contributed by atoms with E-state index < -0.39 is 85.1 Å². The second kappa shape index (κ2) is 14.0. The summed E-state index contributed by atoms with van der Waals surface area (Å²) in [6.45, 7) is 4.76. The Balaban J connectivity index is 5.58. The maximum atomic E-state index is 12.7. The molecule has 0 aliphatic rings. The zero-order valence-corrected chi connectivity index (χ0v) is 18.7. The van der Waals surface area contributed by atoms with Gasteiger partial charge in [0.1, 0.15) is 12.1 Å². The van der Waals surface area contributed by atoms with Gasteiger partial charge in [0.25, 0.3) is 0 Å². The van der Waals surface area contributed by atoms with Crippen molar-refractivity contribution in [3.05, 3.63) is 0 Å². The van der Waals surface area contributed by atoms with E-state index in [1.807, 2.05) is 19.2 Å². The highest BCUT2D eigenvalue weighted by Crippen LogP contribution is 2.06. The van der Waals surface area contributed by atoms with Gasteiger partial charge in [0, 0.05) is 6.42 Å². The smallest absolute Gasteiger partial charge is 0.328 e. The van der Waals surface area contributed by atoms with E-state index in [1.54, 1.807) is 0 Å². The van der Waals surface area contributed by atoms with E-state index in [0.717, 1.165) is 6.92 Å². The van der Waals surface area contributed by atoms with Crippen LogP contribution in [0.1, 0.15) is 46.5 Å². The minimum Gasteiger partial charge on any atom is -0.481 e. The van der Waals surface area contributed by atoms with E-state index in [4.69, 9.17) is 21.7 Å². The summed E-state index contributed by atoms with van der Waals surface area (Å²) in [5.41, 5.74) is 10.9. The van der Waals surface area contributed by atoms with E-state index >= 15 is 0 Å². The molecule has 5 unspecified atom stereocenters. The first kappa shape index (κ1) is 29.7. The van der Waals surface area contributed by atoms with Gasteiger partial charge < -0.3 is 42.7 Å². The maximum absolute atomic E-state index is 12.7. The minimum atomic E-state index is -1.73. The van der Waals surface area contributed by atoms with Gasteiger partial charge in [0.2, 0.25) is 23.6 Å². The van der Waals surface area contributed by atoms with Crippen LogP contribution in [0.4, 0.5) is 0 Å². The molecule has 33 heavy (non-hydrogen) atoms. The van der Waals surface area contributed by atoms with Crippen LogP contribution in [0.5, 0.6) is 0 Å². The number of hydrogen-bond donors (Lipinski definition) is 8. The van der Waals surface area contributed by atoms with Gasteiger partial charge in [0.15, 0.2) is 6.04 Å². The number of amides is 4.